The van der Waals surface area contributed by atoms with Crippen molar-refractivity contribution >= 4 is 22.4 Å². The number of nitrogens with one attached hydrogen (secondary N) is 1. The molecular formula is C13H8F2N2O2S. The minimum absolute atomic E-state index is 0.209. The second kappa shape index (κ2) is 6.23. The summed E-state index contributed by atoms with van der Waals surface area (Å²) < 4.78 is 26.4. The molecule has 2 rings (SSSR count). The van der Waals surface area contributed by atoms with Crippen LogP contribution in [0.5, 0.6) is 0 Å². The Morgan fingerprint density at radius 1 is 1.45 bits per heavy atom. The number of carbonyl (C=O) groups excluding carboxylic acids is 1. The van der Waals surface area contributed by atoms with Crippen LogP contribution in [0.1, 0.15) is 15.2 Å². The SMILES string of the molecule is O=C(Nc1ncc(C#CCO)s1)c1cccc(F)c1F. The molecule has 2 aromatic rings. The first kappa shape index (κ1) is 14.1. The number of carbonyl (C=O) groups is 1. The maximum atomic E-state index is 13.4. The molecule has 0 saturated heterocycles. The topological polar surface area (TPSA) is 62.2 Å². The van der Waals surface area contributed by atoms with Crippen molar-refractivity contribution < 1.29 is 18.7 Å². The molecule has 0 atom stereocenters. The molecule has 20 heavy (non-hydrogen) atoms. The first-order chi connectivity index (χ1) is 9.61. The van der Waals surface area contributed by atoms with Crippen molar-refractivity contribution in [1.82, 2.24) is 4.98 Å². The van der Waals surface area contributed by atoms with Crippen LogP contribution in [-0.4, -0.2) is 22.6 Å². The smallest absolute Gasteiger partial charge is 0.260 e. The fourth-order valence-electron chi connectivity index (χ4n) is 1.36. The third-order valence-electron chi connectivity index (χ3n) is 2.21. The standard InChI is InChI=1S/C13H8F2N2O2S/c14-10-5-1-4-9(11(10)15)12(19)17-13-16-7-8(20-13)3-2-6-18/h1,4-5,7,18H,6H2,(H,16,17,19). The highest BCUT2D eigenvalue weighted by Gasteiger charge is 2.16. The summed E-state index contributed by atoms with van der Waals surface area (Å²) in [5, 5.41) is 11.1. The number of amides is 1. The number of nitrogens with zero attached hydrogens (tertiary/aromatic N) is 1. The molecule has 0 aliphatic rings. The first-order valence-corrected chi connectivity index (χ1v) is 6.24. The first-order valence-electron chi connectivity index (χ1n) is 5.42. The molecule has 4 nitrogen and oxygen atoms in total. The highest BCUT2D eigenvalue weighted by molar-refractivity contribution is 7.16. The van der Waals surface area contributed by atoms with Crippen molar-refractivity contribution in [3.8, 4) is 11.8 Å². The van der Waals surface area contributed by atoms with Crippen molar-refractivity contribution in [3.63, 3.8) is 0 Å². The average molecular weight is 294 g/mol. The third-order valence-corrected chi connectivity index (χ3v) is 3.04. The van der Waals surface area contributed by atoms with Gasteiger partial charge in [0.25, 0.3) is 5.91 Å². The summed E-state index contributed by atoms with van der Waals surface area (Å²) in [5.74, 6) is 1.96. The van der Waals surface area contributed by atoms with Crippen LogP contribution < -0.4 is 5.32 Å². The van der Waals surface area contributed by atoms with Gasteiger partial charge in [0.15, 0.2) is 16.8 Å². The van der Waals surface area contributed by atoms with Gasteiger partial charge in [0.05, 0.1) is 16.6 Å². The Bertz CT molecular complexity index is 704. The minimum atomic E-state index is -1.21. The number of hydrogen-bond acceptors (Lipinski definition) is 4. The summed E-state index contributed by atoms with van der Waals surface area (Å²) in [6.45, 7) is -0.284. The summed E-state index contributed by atoms with van der Waals surface area (Å²) in [4.78, 5) is 16.2. The number of rotatable bonds is 2. The zero-order valence-electron chi connectivity index (χ0n) is 9.98. The number of anilines is 1. The number of aliphatic hydroxyl groups excluding tert-OH is 1. The Kier molecular flexibility index (Phi) is 4.40. The number of benzene rings is 1. The van der Waals surface area contributed by atoms with Crippen molar-refractivity contribution in [1.29, 1.82) is 0 Å². The van der Waals surface area contributed by atoms with Gasteiger partial charge in [-0.1, -0.05) is 29.2 Å². The zero-order valence-corrected chi connectivity index (χ0v) is 10.8. The van der Waals surface area contributed by atoms with E-state index >= 15 is 0 Å². The van der Waals surface area contributed by atoms with Crippen LogP contribution in [-0.2, 0) is 0 Å². The van der Waals surface area contributed by atoms with E-state index in [1.54, 1.807) is 0 Å². The van der Waals surface area contributed by atoms with E-state index in [0.29, 0.717) is 4.88 Å². The van der Waals surface area contributed by atoms with Gasteiger partial charge in [-0.2, -0.15) is 0 Å². The molecule has 0 fully saturated rings. The molecule has 1 aromatic heterocycles. The summed E-state index contributed by atoms with van der Waals surface area (Å²) in [6, 6.07) is 3.35. The Morgan fingerprint density at radius 3 is 3.00 bits per heavy atom. The molecule has 2 N–H and O–H groups in total. The van der Waals surface area contributed by atoms with Gasteiger partial charge in [-0.25, -0.2) is 13.8 Å². The average Bonchev–Trinajstić information content (AvgIpc) is 2.87. The summed E-state index contributed by atoms with van der Waals surface area (Å²) in [5.41, 5.74) is -0.400. The van der Waals surface area contributed by atoms with Crippen LogP contribution in [0.25, 0.3) is 0 Å². The van der Waals surface area contributed by atoms with Crippen LogP contribution >= 0.6 is 11.3 Å². The second-order valence-corrected chi connectivity index (χ2v) is 4.58. The van der Waals surface area contributed by atoms with E-state index in [9.17, 15) is 13.6 Å². The van der Waals surface area contributed by atoms with Crippen molar-refractivity contribution in [2.75, 3.05) is 11.9 Å². The highest BCUT2D eigenvalue weighted by atomic mass is 32.1. The largest absolute Gasteiger partial charge is 0.384 e. The Hall–Kier alpha value is -2.30. The number of aromatic nitrogens is 1. The molecule has 0 radical (unpaired) electrons. The minimum Gasteiger partial charge on any atom is -0.384 e. The van der Waals surface area contributed by atoms with Crippen LogP contribution in [0.15, 0.2) is 24.4 Å². The normalized spacial score (nSPS) is 9.75. The van der Waals surface area contributed by atoms with E-state index in [0.717, 1.165) is 17.4 Å². The predicted octanol–water partition coefficient (Wildman–Crippen LogP) is 2.02. The van der Waals surface area contributed by atoms with Gasteiger partial charge in [0.1, 0.15) is 6.61 Å². The van der Waals surface area contributed by atoms with Crippen molar-refractivity contribution in [2.24, 2.45) is 0 Å². The lowest BCUT2D eigenvalue weighted by Crippen LogP contribution is -2.14. The van der Waals surface area contributed by atoms with Gasteiger partial charge in [-0.15, -0.1) is 0 Å². The zero-order chi connectivity index (χ0) is 14.5. The highest BCUT2D eigenvalue weighted by Crippen LogP contribution is 2.19. The Labute approximate surface area is 117 Å². The molecule has 1 aromatic carbocycles. The van der Waals surface area contributed by atoms with Crippen molar-refractivity contribution in [3.05, 3.63) is 46.5 Å². The number of hydrogen-bond donors (Lipinski definition) is 2. The molecular weight excluding hydrogens is 286 g/mol. The molecule has 1 heterocycles. The van der Waals surface area contributed by atoms with Crippen LogP contribution in [0.3, 0.4) is 0 Å². The van der Waals surface area contributed by atoms with Crippen LogP contribution in [0, 0.1) is 23.5 Å². The lowest BCUT2D eigenvalue weighted by molar-refractivity contribution is 0.102. The lowest BCUT2D eigenvalue weighted by Gasteiger charge is -2.03. The summed E-state index contributed by atoms with van der Waals surface area (Å²) >= 11 is 1.06. The van der Waals surface area contributed by atoms with E-state index in [1.165, 1.54) is 18.3 Å². The number of halogens is 2. The molecule has 0 bridgehead atoms. The second-order valence-electron chi connectivity index (χ2n) is 3.55. The molecule has 0 saturated carbocycles. The van der Waals surface area contributed by atoms with Crippen LogP contribution in [0.4, 0.5) is 13.9 Å². The fourth-order valence-corrected chi connectivity index (χ4v) is 2.05. The van der Waals surface area contributed by atoms with Gasteiger partial charge >= 0.3 is 0 Å². The molecule has 0 aliphatic heterocycles. The monoisotopic (exact) mass is 294 g/mol. The lowest BCUT2D eigenvalue weighted by atomic mass is 10.2. The molecule has 0 unspecified atom stereocenters. The molecule has 7 heteroatoms. The maximum absolute atomic E-state index is 13.4. The van der Waals surface area contributed by atoms with Gasteiger partial charge in [0, 0.05) is 0 Å². The van der Waals surface area contributed by atoms with E-state index < -0.39 is 23.1 Å². The summed E-state index contributed by atoms with van der Waals surface area (Å²) in [7, 11) is 0. The van der Waals surface area contributed by atoms with Gasteiger partial charge in [-0.05, 0) is 12.1 Å². The van der Waals surface area contributed by atoms with Gasteiger partial charge < -0.3 is 5.11 Å². The molecule has 0 spiro atoms. The predicted molar refractivity (Wildman–Crippen MR) is 70.4 cm³/mol. The van der Waals surface area contributed by atoms with Crippen LogP contribution in [0.2, 0.25) is 0 Å². The van der Waals surface area contributed by atoms with Crippen molar-refractivity contribution in [2.45, 2.75) is 0 Å². The quantitative estimate of drug-likeness (QED) is 0.833. The number of thiazole rings is 1. The van der Waals surface area contributed by atoms with E-state index in [1.807, 2.05) is 0 Å². The molecule has 102 valence electrons. The van der Waals surface area contributed by atoms with Gasteiger partial charge in [-0.3, -0.25) is 10.1 Å². The maximum Gasteiger partial charge on any atom is 0.260 e. The third kappa shape index (κ3) is 3.17. The Morgan fingerprint density at radius 2 is 2.25 bits per heavy atom. The Balaban J connectivity index is 2.15. The van der Waals surface area contributed by atoms with E-state index in [2.05, 4.69) is 22.1 Å². The van der Waals surface area contributed by atoms with E-state index in [4.69, 9.17) is 5.11 Å². The fraction of sp³-hybridized carbons (Fsp3) is 0.0769. The molecule has 0 aliphatic carbocycles. The van der Waals surface area contributed by atoms with E-state index in [-0.39, 0.29) is 11.7 Å². The number of aliphatic hydroxyl groups is 1. The summed E-state index contributed by atoms with van der Waals surface area (Å²) in [6.07, 6.45) is 1.41. The van der Waals surface area contributed by atoms with Gasteiger partial charge in [0.2, 0.25) is 0 Å². The molecule has 1 amide bonds.